The molecule has 0 saturated carbocycles. The minimum absolute atomic E-state index is 0.506. The Labute approximate surface area is 84.8 Å². The van der Waals surface area contributed by atoms with Crippen molar-refractivity contribution in [2.24, 2.45) is 0 Å². The molecule has 0 N–H and O–H groups in total. The molecule has 0 aliphatic heterocycles. The summed E-state index contributed by atoms with van der Waals surface area (Å²) in [7, 11) is 0. The molecule has 14 heavy (non-hydrogen) atoms. The lowest BCUT2D eigenvalue weighted by Crippen LogP contribution is -1.88. The third kappa shape index (κ3) is 1.92. The van der Waals surface area contributed by atoms with Crippen LogP contribution in [-0.2, 0) is 0 Å². The molecule has 2 heterocycles. The van der Waals surface area contributed by atoms with E-state index in [1.165, 1.54) is 5.56 Å². The van der Waals surface area contributed by atoms with Crippen LogP contribution < -0.4 is 0 Å². The molecule has 0 atom stereocenters. The first-order chi connectivity index (χ1) is 6.79. The number of hydrogen-bond donors (Lipinski definition) is 0. The fraction of sp³-hybridized carbons (Fsp3) is 0.455. The zero-order valence-corrected chi connectivity index (χ0v) is 9.23. The minimum Gasteiger partial charge on any atom is -0.261 e. The van der Waals surface area contributed by atoms with Crippen molar-refractivity contribution in [1.82, 2.24) is 14.6 Å². The molecule has 0 aliphatic carbocycles. The van der Waals surface area contributed by atoms with Crippen LogP contribution in [0, 0.1) is 0 Å². The van der Waals surface area contributed by atoms with Gasteiger partial charge in [-0.1, -0.05) is 27.7 Å². The largest absolute Gasteiger partial charge is 0.261 e. The molecule has 0 fully saturated rings. The van der Waals surface area contributed by atoms with E-state index in [0.717, 1.165) is 5.52 Å². The van der Waals surface area contributed by atoms with E-state index in [-0.39, 0.29) is 0 Å². The van der Waals surface area contributed by atoms with E-state index in [0.29, 0.717) is 5.92 Å². The minimum atomic E-state index is 0.506. The quantitative estimate of drug-likeness (QED) is 0.693. The first kappa shape index (κ1) is 10.7. The van der Waals surface area contributed by atoms with E-state index < -0.39 is 0 Å². The van der Waals surface area contributed by atoms with Gasteiger partial charge in [0.25, 0.3) is 0 Å². The smallest absolute Gasteiger partial charge is 0.0879 e. The molecule has 0 aromatic carbocycles. The van der Waals surface area contributed by atoms with Crippen molar-refractivity contribution in [1.29, 1.82) is 0 Å². The summed E-state index contributed by atoms with van der Waals surface area (Å²) in [4.78, 5) is 4.07. The molecule has 2 aromatic rings. The Bertz CT molecular complexity index is 390. The number of hydrogen-bond acceptors (Lipinski definition) is 2. The van der Waals surface area contributed by atoms with Gasteiger partial charge in [0, 0.05) is 18.0 Å². The molecule has 2 rings (SSSR count). The van der Waals surface area contributed by atoms with Crippen LogP contribution in [0.1, 0.15) is 39.2 Å². The molecule has 0 aliphatic rings. The van der Waals surface area contributed by atoms with Crippen LogP contribution in [0.3, 0.4) is 0 Å². The average Bonchev–Trinajstić information content (AvgIpc) is 2.64. The van der Waals surface area contributed by atoms with E-state index >= 15 is 0 Å². The first-order valence-electron chi connectivity index (χ1n) is 5.06. The van der Waals surface area contributed by atoms with Gasteiger partial charge in [0.1, 0.15) is 0 Å². The maximum absolute atomic E-state index is 4.22. The molecule has 0 bridgehead atoms. The number of aromatic nitrogens is 3. The third-order valence-electron chi connectivity index (χ3n) is 1.98. The normalized spacial score (nSPS) is 10.1. The lowest BCUT2D eigenvalue weighted by Gasteiger charge is -1.99. The Kier molecular flexibility index (Phi) is 3.63. The van der Waals surface area contributed by atoms with Crippen LogP contribution in [0.25, 0.3) is 5.52 Å². The second-order valence-electron chi connectivity index (χ2n) is 3.16. The second-order valence-corrected chi connectivity index (χ2v) is 3.16. The Morgan fingerprint density at radius 2 is 1.93 bits per heavy atom. The highest BCUT2D eigenvalue weighted by molar-refractivity contribution is 5.52. The molecule has 3 heteroatoms. The maximum atomic E-state index is 4.22. The van der Waals surface area contributed by atoms with E-state index in [1.807, 2.05) is 37.0 Å². The van der Waals surface area contributed by atoms with Gasteiger partial charge in [-0.25, -0.2) is 4.52 Å². The fourth-order valence-electron chi connectivity index (χ4n) is 1.30. The summed E-state index contributed by atoms with van der Waals surface area (Å²) in [6, 6.07) is 0. The van der Waals surface area contributed by atoms with Crippen molar-refractivity contribution in [2.75, 3.05) is 0 Å². The summed E-state index contributed by atoms with van der Waals surface area (Å²) in [6.07, 6.45) is 7.36. The highest BCUT2D eigenvalue weighted by Gasteiger charge is 2.06. The van der Waals surface area contributed by atoms with Crippen molar-refractivity contribution < 1.29 is 0 Å². The fourth-order valence-corrected chi connectivity index (χ4v) is 1.30. The topological polar surface area (TPSA) is 30.2 Å². The number of fused-ring (bicyclic) bond motifs is 1. The van der Waals surface area contributed by atoms with Crippen molar-refractivity contribution in [3.63, 3.8) is 0 Å². The molecule has 0 amide bonds. The van der Waals surface area contributed by atoms with E-state index in [1.54, 1.807) is 6.20 Å². The summed E-state index contributed by atoms with van der Waals surface area (Å²) in [5.74, 6) is 0.506. The molecule has 0 radical (unpaired) electrons. The molecule has 0 saturated heterocycles. The van der Waals surface area contributed by atoms with Crippen molar-refractivity contribution in [2.45, 2.75) is 33.6 Å². The van der Waals surface area contributed by atoms with Crippen LogP contribution in [0.2, 0.25) is 0 Å². The van der Waals surface area contributed by atoms with Crippen molar-refractivity contribution >= 4 is 5.52 Å². The lowest BCUT2D eigenvalue weighted by atomic mass is 10.1. The Hall–Kier alpha value is -1.38. The maximum Gasteiger partial charge on any atom is 0.0879 e. The van der Waals surface area contributed by atoms with Gasteiger partial charge >= 0.3 is 0 Å². The summed E-state index contributed by atoms with van der Waals surface area (Å²) >= 11 is 0. The predicted octanol–water partition coefficient (Wildman–Crippen LogP) is 2.88. The lowest BCUT2D eigenvalue weighted by molar-refractivity contribution is 0.875. The van der Waals surface area contributed by atoms with Crippen LogP contribution in [0.15, 0.2) is 24.8 Å². The van der Waals surface area contributed by atoms with Crippen molar-refractivity contribution in [3.05, 3.63) is 30.4 Å². The molecular weight excluding hydrogens is 174 g/mol. The zero-order valence-electron chi connectivity index (χ0n) is 9.23. The Morgan fingerprint density at radius 1 is 1.21 bits per heavy atom. The van der Waals surface area contributed by atoms with E-state index in [9.17, 15) is 0 Å². The van der Waals surface area contributed by atoms with Crippen LogP contribution in [0.4, 0.5) is 0 Å². The standard InChI is InChI=1S/C9H11N3.C2H6/c1-7(2)8-5-11-12-4-3-10-6-9(8)12;1-2/h3-7H,1-2H3;1-2H3. The number of nitrogens with zero attached hydrogens (tertiary/aromatic N) is 3. The van der Waals surface area contributed by atoms with Gasteiger partial charge in [-0.15, -0.1) is 0 Å². The molecule has 0 unspecified atom stereocenters. The SMILES string of the molecule is CC.CC(C)c1cnn2ccncc12. The van der Waals surface area contributed by atoms with Gasteiger partial charge in [0.05, 0.1) is 17.9 Å². The monoisotopic (exact) mass is 191 g/mol. The highest BCUT2D eigenvalue weighted by Crippen LogP contribution is 2.18. The number of rotatable bonds is 1. The molecule has 2 aromatic heterocycles. The van der Waals surface area contributed by atoms with E-state index in [2.05, 4.69) is 23.9 Å². The van der Waals surface area contributed by atoms with Crippen LogP contribution >= 0.6 is 0 Å². The third-order valence-corrected chi connectivity index (χ3v) is 1.98. The van der Waals surface area contributed by atoms with Crippen LogP contribution in [0.5, 0.6) is 0 Å². The Morgan fingerprint density at radius 3 is 2.57 bits per heavy atom. The van der Waals surface area contributed by atoms with Crippen molar-refractivity contribution in [3.8, 4) is 0 Å². The molecule has 3 nitrogen and oxygen atoms in total. The van der Waals surface area contributed by atoms with Gasteiger partial charge < -0.3 is 0 Å². The van der Waals surface area contributed by atoms with Gasteiger partial charge in [-0.2, -0.15) is 5.10 Å². The Balaban J connectivity index is 0.000000461. The summed E-state index contributed by atoms with van der Waals surface area (Å²) in [6.45, 7) is 8.31. The van der Waals surface area contributed by atoms with E-state index in [4.69, 9.17) is 0 Å². The van der Waals surface area contributed by atoms with Gasteiger partial charge in [0.2, 0.25) is 0 Å². The molecule has 76 valence electrons. The van der Waals surface area contributed by atoms with Gasteiger partial charge in [-0.3, -0.25) is 4.98 Å². The average molecular weight is 191 g/mol. The van der Waals surface area contributed by atoms with Crippen LogP contribution in [-0.4, -0.2) is 14.6 Å². The highest BCUT2D eigenvalue weighted by atomic mass is 15.2. The van der Waals surface area contributed by atoms with Gasteiger partial charge in [0.15, 0.2) is 0 Å². The predicted molar refractivity (Wildman–Crippen MR) is 58.4 cm³/mol. The summed E-state index contributed by atoms with van der Waals surface area (Å²) < 4.78 is 1.85. The zero-order chi connectivity index (χ0) is 10.6. The van der Waals surface area contributed by atoms with Gasteiger partial charge in [-0.05, 0) is 5.92 Å². The molecular formula is C11H17N3. The summed E-state index contributed by atoms with van der Waals surface area (Å²) in [5, 5.41) is 4.22. The first-order valence-corrected chi connectivity index (χ1v) is 5.06. The molecule has 0 spiro atoms. The second kappa shape index (κ2) is 4.74. The summed E-state index contributed by atoms with van der Waals surface area (Å²) in [5.41, 5.74) is 2.36.